The molecular formula is C20H32O2. The summed E-state index contributed by atoms with van der Waals surface area (Å²) in [6.45, 7) is 2.23. The van der Waals surface area contributed by atoms with Crippen molar-refractivity contribution in [3.8, 4) is 0 Å². The Labute approximate surface area is 136 Å². The Bertz CT molecular complexity index is 362. The first kappa shape index (κ1) is 20.4. The second-order valence-corrected chi connectivity index (χ2v) is 5.39. The number of hydrogen-bond acceptors (Lipinski definition) is 1. The van der Waals surface area contributed by atoms with E-state index < -0.39 is 5.97 Å². The Morgan fingerprint density at radius 3 is 1.91 bits per heavy atom. The molecule has 22 heavy (non-hydrogen) atoms. The van der Waals surface area contributed by atoms with Crippen LogP contribution >= 0.6 is 0 Å². The van der Waals surface area contributed by atoms with E-state index in [-0.39, 0.29) is 0 Å². The molecule has 0 radical (unpaired) electrons. The Kier molecular flexibility index (Phi) is 16.2. The first-order valence-corrected chi connectivity index (χ1v) is 8.61. The molecule has 0 aromatic rings. The second-order valence-electron chi connectivity index (χ2n) is 5.39. The molecule has 0 unspecified atom stereocenters. The van der Waals surface area contributed by atoms with Gasteiger partial charge in [-0.05, 0) is 51.4 Å². The maximum Gasteiger partial charge on any atom is 0.327 e. The van der Waals surface area contributed by atoms with E-state index in [9.17, 15) is 4.79 Å². The van der Waals surface area contributed by atoms with Crippen LogP contribution < -0.4 is 0 Å². The van der Waals surface area contributed by atoms with Crippen LogP contribution in [0.5, 0.6) is 0 Å². The molecule has 0 aliphatic carbocycles. The second kappa shape index (κ2) is 17.5. The highest BCUT2D eigenvalue weighted by Crippen LogP contribution is 2.03. The maximum atomic E-state index is 10.2. The lowest BCUT2D eigenvalue weighted by Gasteiger charge is -1.92. The Morgan fingerprint density at radius 1 is 0.727 bits per heavy atom. The molecule has 0 fully saturated rings. The third-order valence-corrected chi connectivity index (χ3v) is 3.25. The molecule has 0 aromatic heterocycles. The molecule has 0 spiro atoms. The number of aliphatic carboxylic acids is 1. The highest BCUT2D eigenvalue weighted by atomic mass is 16.4. The zero-order valence-corrected chi connectivity index (χ0v) is 14.0. The van der Waals surface area contributed by atoms with Crippen LogP contribution in [0, 0.1) is 0 Å². The number of unbranched alkanes of at least 4 members (excludes halogenated alkanes) is 6. The third-order valence-electron chi connectivity index (χ3n) is 3.25. The number of carbonyl (C=O) groups is 1. The Balaban J connectivity index is 3.34. The zero-order chi connectivity index (χ0) is 16.3. The van der Waals surface area contributed by atoms with Gasteiger partial charge >= 0.3 is 5.97 Å². The molecule has 0 saturated carbocycles. The SMILES string of the molecule is CCCCCC=CCC=CCCCC=CCCC=CC(=O)O. The topological polar surface area (TPSA) is 37.3 Å². The molecule has 124 valence electrons. The van der Waals surface area contributed by atoms with Crippen molar-refractivity contribution >= 4 is 5.97 Å². The van der Waals surface area contributed by atoms with Crippen molar-refractivity contribution in [2.75, 3.05) is 0 Å². The highest BCUT2D eigenvalue weighted by molar-refractivity contribution is 5.79. The number of hydrogen-bond donors (Lipinski definition) is 1. The zero-order valence-electron chi connectivity index (χ0n) is 14.0. The molecule has 0 aliphatic rings. The van der Waals surface area contributed by atoms with Gasteiger partial charge < -0.3 is 5.11 Å². The van der Waals surface area contributed by atoms with Gasteiger partial charge in [0.05, 0.1) is 0 Å². The van der Waals surface area contributed by atoms with Gasteiger partial charge in [0.25, 0.3) is 0 Å². The van der Waals surface area contributed by atoms with Crippen LogP contribution in [-0.2, 0) is 4.79 Å². The fourth-order valence-electron chi connectivity index (χ4n) is 1.98. The predicted molar refractivity (Wildman–Crippen MR) is 96.0 cm³/mol. The minimum atomic E-state index is -0.869. The van der Waals surface area contributed by atoms with Gasteiger partial charge in [0.1, 0.15) is 0 Å². The quantitative estimate of drug-likeness (QED) is 0.235. The lowest BCUT2D eigenvalue weighted by Crippen LogP contribution is -1.85. The van der Waals surface area contributed by atoms with Gasteiger partial charge in [-0.3, -0.25) is 0 Å². The standard InChI is InChI=1S/C20H32O2/c1-2-3-4-5-6-7-8-9-10-11-12-13-14-15-16-17-18-19-20(21)22/h6-7,9-10,14-15,18-19H,2-5,8,11-13,16-17H2,1H3,(H,21,22). The molecule has 0 saturated heterocycles. The Hall–Kier alpha value is -1.57. The summed E-state index contributed by atoms with van der Waals surface area (Å²) in [5, 5.41) is 8.42. The van der Waals surface area contributed by atoms with Gasteiger partial charge in [0.2, 0.25) is 0 Å². The van der Waals surface area contributed by atoms with Crippen molar-refractivity contribution in [1.82, 2.24) is 0 Å². The number of carboxylic acids is 1. The molecule has 2 nitrogen and oxygen atoms in total. The summed E-state index contributed by atoms with van der Waals surface area (Å²) in [5.41, 5.74) is 0. The molecule has 0 aromatic carbocycles. The molecule has 2 heteroatoms. The fraction of sp³-hybridized carbons (Fsp3) is 0.550. The summed E-state index contributed by atoms with van der Waals surface area (Å²) < 4.78 is 0. The highest BCUT2D eigenvalue weighted by Gasteiger charge is 1.84. The summed E-state index contributed by atoms with van der Waals surface area (Å²) in [6.07, 6.45) is 27.6. The van der Waals surface area contributed by atoms with Gasteiger partial charge in [0, 0.05) is 6.08 Å². The van der Waals surface area contributed by atoms with Crippen LogP contribution in [0.3, 0.4) is 0 Å². The van der Waals surface area contributed by atoms with Crippen LogP contribution in [0.4, 0.5) is 0 Å². The van der Waals surface area contributed by atoms with E-state index in [1.807, 2.05) is 0 Å². The Morgan fingerprint density at radius 2 is 1.27 bits per heavy atom. The van der Waals surface area contributed by atoms with E-state index in [1.54, 1.807) is 6.08 Å². The molecule has 0 aliphatic heterocycles. The minimum Gasteiger partial charge on any atom is -0.478 e. The van der Waals surface area contributed by atoms with Crippen LogP contribution in [0.1, 0.15) is 71.1 Å². The van der Waals surface area contributed by atoms with Gasteiger partial charge in [-0.15, -0.1) is 0 Å². The minimum absolute atomic E-state index is 0.799. The van der Waals surface area contributed by atoms with Gasteiger partial charge in [-0.25, -0.2) is 4.79 Å². The van der Waals surface area contributed by atoms with E-state index in [0.29, 0.717) is 0 Å². The number of carboxylic acid groups (broad SMARTS) is 1. The molecule has 0 heterocycles. The summed E-state index contributed by atoms with van der Waals surface area (Å²) >= 11 is 0. The van der Waals surface area contributed by atoms with Crippen LogP contribution in [0.25, 0.3) is 0 Å². The van der Waals surface area contributed by atoms with Crippen molar-refractivity contribution in [3.05, 3.63) is 48.6 Å². The van der Waals surface area contributed by atoms with Crippen molar-refractivity contribution in [2.45, 2.75) is 71.1 Å². The summed E-state index contributed by atoms with van der Waals surface area (Å²) in [5.74, 6) is -0.869. The molecule has 0 rings (SSSR count). The first-order valence-electron chi connectivity index (χ1n) is 8.61. The number of rotatable bonds is 14. The summed E-state index contributed by atoms with van der Waals surface area (Å²) in [4.78, 5) is 10.2. The third kappa shape index (κ3) is 18.4. The van der Waals surface area contributed by atoms with Gasteiger partial charge in [0.15, 0.2) is 0 Å². The van der Waals surface area contributed by atoms with E-state index in [4.69, 9.17) is 5.11 Å². The normalized spacial score (nSPS) is 12.4. The van der Waals surface area contributed by atoms with Gasteiger partial charge in [-0.1, -0.05) is 62.3 Å². The van der Waals surface area contributed by atoms with Crippen molar-refractivity contribution < 1.29 is 9.90 Å². The fourth-order valence-corrected chi connectivity index (χ4v) is 1.98. The van der Waals surface area contributed by atoms with Crippen molar-refractivity contribution in [2.24, 2.45) is 0 Å². The summed E-state index contributed by atoms with van der Waals surface area (Å²) in [6, 6.07) is 0. The van der Waals surface area contributed by atoms with Crippen LogP contribution in [0.2, 0.25) is 0 Å². The first-order chi connectivity index (χ1) is 10.8. The molecule has 0 bridgehead atoms. The van der Waals surface area contributed by atoms with E-state index in [1.165, 1.54) is 38.2 Å². The van der Waals surface area contributed by atoms with E-state index in [0.717, 1.165) is 32.1 Å². The number of allylic oxidation sites excluding steroid dienone is 7. The van der Waals surface area contributed by atoms with Crippen LogP contribution in [0.15, 0.2) is 48.6 Å². The summed E-state index contributed by atoms with van der Waals surface area (Å²) in [7, 11) is 0. The van der Waals surface area contributed by atoms with Crippen LogP contribution in [-0.4, -0.2) is 11.1 Å². The average molecular weight is 304 g/mol. The lowest BCUT2D eigenvalue weighted by atomic mass is 10.1. The molecule has 1 N–H and O–H groups in total. The molecule has 0 amide bonds. The van der Waals surface area contributed by atoms with Crippen molar-refractivity contribution in [3.63, 3.8) is 0 Å². The van der Waals surface area contributed by atoms with E-state index >= 15 is 0 Å². The van der Waals surface area contributed by atoms with Gasteiger partial charge in [-0.2, -0.15) is 0 Å². The monoisotopic (exact) mass is 304 g/mol. The van der Waals surface area contributed by atoms with E-state index in [2.05, 4.69) is 43.4 Å². The maximum absolute atomic E-state index is 10.2. The lowest BCUT2D eigenvalue weighted by molar-refractivity contribution is -0.131. The smallest absolute Gasteiger partial charge is 0.327 e. The predicted octanol–water partition coefficient (Wildman–Crippen LogP) is 6.22. The molecule has 0 atom stereocenters. The average Bonchev–Trinajstić information content (AvgIpc) is 2.50. The van der Waals surface area contributed by atoms with Crippen molar-refractivity contribution in [1.29, 1.82) is 0 Å². The largest absolute Gasteiger partial charge is 0.478 e. The molecular weight excluding hydrogens is 272 g/mol.